The lowest BCUT2D eigenvalue weighted by Crippen LogP contribution is -3.07. The van der Waals surface area contributed by atoms with Gasteiger partial charge in [0.25, 0.3) is 5.56 Å². The number of hydrogen-bond donors (Lipinski definition) is 2. The van der Waals surface area contributed by atoms with Gasteiger partial charge in [0, 0.05) is 15.8 Å². The Bertz CT molecular complexity index is 1090. The van der Waals surface area contributed by atoms with Crippen molar-refractivity contribution < 1.29 is 4.90 Å². The average Bonchev–Trinajstić information content (AvgIpc) is 3.35. The van der Waals surface area contributed by atoms with Crippen molar-refractivity contribution >= 4 is 44.2 Å². The number of thiophene rings is 3. The maximum atomic E-state index is 12.8. The molecule has 4 aromatic heterocycles. The van der Waals surface area contributed by atoms with Crippen LogP contribution in [0.15, 0.2) is 39.1 Å². The second-order valence-electron chi connectivity index (χ2n) is 6.53. The Morgan fingerprint density at radius 3 is 2.77 bits per heavy atom. The third-order valence-electron chi connectivity index (χ3n) is 4.81. The lowest BCUT2D eigenvalue weighted by Gasteiger charge is -2.20. The van der Waals surface area contributed by atoms with Gasteiger partial charge in [-0.25, -0.2) is 4.98 Å². The van der Waals surface area contributed by atoms with Crippen molar-refractivity contribution in [2.24, 2.45) is 0 Å². The molecule has 0 saturated carbocycles. The molecule has 0 amide bonds. The lowest BCUT2D eigenvalue weighted by molar-refractivity contribution is -0.924. The molecule has 134 valence electrons. The molecule has 4 aromatic rings. The summed E-state index contributed by atoms with van der Waals surface area (Å²) in [4.78, 5) is 25.2. The van der Waals surface area contributed by atoms with Crippen molar-refractivity contribution in [1.29, 1.82) is 0 Å². The molecule has 0 aromatic carbocycles. The maximum Gasteiger partial charge on any atom is 0.260 e. The zero-order valence-electron chi connectivity index (χ0n) is 14.8. The minimum Gasteiger partial charge on any atom is -0.324 e. The Hall–Kier alpha value is -1.80. The predicted octanol–water partition coefficient (Wildman–Crippen LogP) is 3.86. The minimum atomic E-state index is -0.0402. The first-order chi connectivity index (χ1) is 12.5. The molecule has 0 saturated heterocycles. The summed E-state index contributed by atoms with van der Waals surface area (Å²) in [6.45, 7) is 5.20. The van der Waals surface area contributed by atoms with Gasteiger partial charge in [0.15, 0.2) is 5.82 Å². The second-order valence-corrected chi connectivity index (χ2v) is 9.34. The predicted molar refractivity (Wildman–Crippen MR) is 112 cm³/mol. The fourth-order valence-corrected chi connectivity index (χ4v) is 5.78. The summed E-state index contributed by atoms with van der Waals surface area (Å²) >= 11 is 4.98. The number of H-pyrrole nitrogens is 1. The van der Waals surface area contributed by atoms with Gasteiger partial charge in [-0.15, -0.1) is 34.0 Å². The number of aryl methyl sites for hydroxylation is 1. The molecule has 0 aliphatic heterocycles. The van der Waals surface area contributed by atoms with Crippen LogP contribution in [-0.4, -0.2) is 17.0 Å². The van der Waals surface area contributed by atoms with E-state index < -0.39 is 0 Å². The average molecular weight is 403 g/mol. The van der Waals surface area contributed by atoms with Gasteiger partial charge in [0.1, 0.15) is 17.4 Å². The molecule has 0 fully saturated rings. The molecule has 0 aliphatic carbocycles. The number of hydrogen-bond acceptors (Lipinski definition) is 5. The minimum absolute atomic E-state index is 0.0402. The van der Waals surface area contributed by atoms with Crippen LogP contribution in [0.5, 0.6) is 0 Å². The van der Waals surface area contributed by atoms with Gasteiger partial charge >= 0.3 is 0 Å². The van der Waals surface area contributed by atoms with E-state index in [1.54, 1.807) is 34.0 Å². The van der Waals surface area contributed by atoms with E-state index in [2.05, 4.69) is 37.3 Å². The smallest absolute Gasteiger partial charge is 0.260 e. The van der Waals surface area contributed by atoms with Gasteiger partial charge in [-0.2, -0.15) is 0 Å². The van der Waals surface area contributed by atoms with Crippen LogP contribution < -0.4 is 10.5 Å². The zero-order valence-corrected chi connectivity index (χ0v) is 17.3. The Labute approximate surface area is 163 Å². The fraction of sp³-hybridized carbons (Fsp3) is 0.263. The fourth-order valence-electron chi connectivity index (χ4n) is 3.01. The Kier molecular flexibility index (Phi) is 4.79. The van der Waals surface area contributed by atoms with Crippen molar-refractivity contribution in [3.05, 3.63) is 61.0 Å². The van der Waals surface area contributed by atoms with Gasteiger partial charge in [0.2, 0.25) is 0 Å². The van der Waals surface area contributed by atoms with E-state index in [1.807, 2.05) is 22.9 Å². The van der Waals surface area contributed by atoms with Crippen LogP contribution in [0.3, 0.4) is 0 Å². The number of aromatic amines is 1. The summed E-state index contributed by atoms with van der Waals surface area (Å²) < 4.78 is 0. The molecule has 0 bridgehead atoms. The summed E-state index contributed by atoms with van der Waals surface area (Å²) in [5, 5.41) is 6.91. The zero-order chi connectivity index (χ0) is 18.3. The highest BCUT2D eigenvalue weighted by molar-refractivity contribution is 7.18. The lowest BCUT2D eigenvalue weighted by atomic mass is 10.2. The summed E-state index contributed by atoms with van der Waals surface area (Å²) in [5.74, 6) is 0.758. The summed E-state index contributed by atoms with van der Waals surface area (Å²) in [5.41, 5.74) is 2.28. The number of quaternary nitrogens is 1. The van der Waals surface area contributed by atoms with Crippen LogP contribution in [0.4, 0.5) is 0 Å². The van der Waals surface area contributed by atoms with Gasteiger partial charge in [-0.3, -0.25) is 4.79 Å². The highest BCUT2D eigenvalue weighted by Gasteiger charge is 2.22. The third kappa shape index (κ3) is 3.16. The molecule has 26 heavy (non-hydrogen) atoms. The first kappa shape index (κ1) is 17.6. The van der Waals surface area contributed by atoms with Crippen LogP contribution in [-0.2, 0) is 6.54 Å². The molecule has 2 N–H and O–H groups in total. The molecule has 0 spiro atoms. The first-order valence-corrected chi connectivity index (χ1v) is 11.1. The Morgan fingerprint density at radius 2 is 2.08 bits per heavy atom. The molecule has 4 nitrogen and oxygen atoms in total. The van der Waals surface area contributed by atoms with Crippen molar-refractivity contribution in [3.8, 4) is 10.4 Å². The van der Waals surface area contributed by atoms with Crippen molar-refractivity contribution in [3.63, 3.8) is 0 Å². The quantitative estimate of drug-likeness (QED) is 0.533. The molecule has 0 aliphatic rings. The SMILES string of the molecule is Cc1ccsc1C[NH+](C)[C@H](C)c1nc2scc(-c3cccs3)c2c(=O)[nH]1. The number of fused-ring (bicyclic) bond motifs is 1. The number of nitrogens with zero attached hydrogens (tertiary/aromatic N) is 1. The van der Waals surface area contributed by atoms with Crippen molar-refractivity contribution in [2.45, 2.75) is 26.4 Å². The molecule has 2 atom stereocenters. The van der Waals surface area contributed by atoms with E-state index in [1.165, 1.54) is 15.3 Å². The highest BCUT2D eigenvalue weighted by Crippen LogP contribution is 2.33. The van der Waals surface area contributed by atoms with Gasteiger partial charge < -0.3 is 9.88 Å². The summed E-state index contributed by atoms with van der Waals surface area (Å²) in [6.07, 6.45) is 0. The topological polar surface area (TPSA) is 50.2 Å². The van der Waals surface area contributed by atoms with Crippen LogP contribution in [0.25, 0.3) is 20.7 Å². The van der Waals surface area contributed by atoms with E-state index in [0.29, 0.717) is 5.39 Å². The second kappa shape index (κ2) is 7.08. The van der Waals surface area contributed by atoms with E-state index in [4.69, 9.17) is 4.98 Å². The summed E-state index contributed by atoms with van der Waals surface area (Å²) in [6, 6.07) is 6.32. The van der Waals surface area contributed by atoms with Crippen LogP contribution in [0.1, 0.15) is 29.2 Å². The molecular formula is C19H20N3OS3+. The molecule has 4 heterocycles. The summed E-state index contributed by atoms with van der Waals surface area (Å²) in [7, 11) is 2.15. The third-order valence-corrected chi connectivity index (χ3v) is 7.60. The van der Waals surface area contributed by atoms with Crippen molar-refractivity contribution in [2.75, 3.05) is 7.05 Å². The standard InChI is InChI=1S/C19H19N3OS3/c1-11-6-8-25-15(11)9-22(3)12(2)17-20-18(23)16-13(10-26-19(16)21-17)14-5-4-7-24-14/h4-8,10,12H,9H2,1-3H3,(H,20,21,23)/p+1/t12-/m1/s1. The van der Waals surface area contributed by atoms with E-state index in [-0.39, 0.29) is 11.6 Å². The Balaban J connectivity index is 1.67. The molecule has 1 unspecified atom stereocenters. The number of nitrogens with one attached hydrogen (secondary N) is 2. The van der Waals surface area contributed by atoms with E-state index in [0.717, 1.165) is 27.6 Å². The number of rotatable bonds is 5. The highest BCUT2D eigenvalue weighted by atomic mass is 32.1. The normalized spacial score (nSPS) is 14.0. The van der Waals surface area contributed by atoms with Crippen molar-refractivity contribution in [1.82, 2.24) is 9.97 Å². The van der Waals surface area contributed by atoms with Crippen LogP contribution in [0, 0.1) is 6.92 Å². The molecule has 4 rings (SSSR count). The molecular weight excluding hydrogens is 382 g/mol. The van der Waals surface area contributed by atoms with E-state index in [9.17, 15) is 4.79 Å². The first-order valence-electron chi connectivity index (χ1n) is 8.45. The number of aromatic nitrogens is 2. The molecule has 0 radical (unpaired) electrons. The largest absolute Gasteiger partial charge is 0.324 e. The van der Waals surface area contributed by atoms with E-state index >= 15 is 0 Å². The van der Waals surface area contributed by atoms with Gasteiger partial charge in [-0.1, -0.05) is 6.07 Å². The van der Waals surface area contributed by atoms with Crippen LogP contribution in [0.2, 0.25) is 0 Å². The monoisotopic (exact) mass is 402 g/mol. The van der Waals surface area contributed by atoms with Crippen LogP contribution >= 0.6 is 34.0 Å². The Morgan fingerprint density at radius 1 is 1.23 bits per heavy atom. The van der Waals surface area contributed by atoms with Gasteiger partial charge in [0.05, 0.1) is 17.3 Å². The van der Waals surface area contributed by atoms with Gasteiger partial charge in [-0.05, 0) is 42.3 Å². The molecule has 7 heteroatoms. The maximum absolute atomic E-state index is 12.8.